The molecule has 4 N–H and O–H groups in total. The molecule has 0 bridgehead atoms. The van der Waals surface area contributed by atoms with Crippen molar-refractivity contribution in [3.63, 3.8) is 0 Å². The fourth-order valence-corrected chi connectivity index (χ4v) is 3.90. The lowest BCUT2D eigenvalue weighted by atomic mass is 10.2. The average Bonchev–Trinajstić information content (AvgIpc) is 2.34. The van der Waals surface area contributed by atoms with Crippen LogP contribution >= 0.6 is 23.8 Å². The number of amides is 1. The Hall–Kier alpha value is -1.22. The predicted octanol–water partition coefficient (Wildman–Crippen LogP) is 0.859. The van der Waals surface area contributed by atoms with Crippen molar-refractivity contribution in [2.45, 2.75) is 24.8 Å². The molecule has 0 aromatic heterocycles. The molecule has 1 aromatic carbocycles. The van der Waals surface area contributed by atoms with E-state index in [4.69, 9.17) is 35.3 Å². The number of carbonyl (C=O) groups excluding carboxylic acids is 1. The van der Waals surface area contributed by atoms with Gasteiger partial charge < -0.3 is 11.5 Å². The first kappa shape index (κ1) is 17.8. The maximum absolute atomic E-state index is 12.5. The molecule has 1 aromatic rings. The van der Waals surface area contributed by atoms with Crippen LogP contribution in [0.25, 0.3) is 0 Å². The van der Waals surface area contributed by atoms with E-state index in [0.29, 0.717) is 5.56 Å². The average molecular weight is 350 g/mol. The molecule has 0 radical (unpaired) electrons. The zero-order valence-corrected chi connectivity index (χ0v) is 13.9. The number of hydrogen-bond acceptors (Lipinski definition) is 4. The van der Waals surface area contributed by atoms with Crippen molar-refractivity contribution in [1.29, 1.82) is 0 Å². The van der Waals surface area contributed by atoms with Crippen LogP contribution in [0.1, 0.15) is 19.4 Å². The van der Waals surface area contributed by atoms with E-state index in [-0.39, 0.29) is 14.9 Å². The fraction of sp³-hybridized carbons (Fsp3) is 0.333. The highest BCUT2D eigenvalue weighted by atomic mass is 35.5. The minimum atomic E-state index is -3.90. The van der Waals surface area contributed by atoms with Crippen molar-refractivity contribution in [1.82, 2.24) is 4.31 Å². The highest BCUT2D eigenvalue weighted by Crippen LogP contribution is 2.24. The van der Waals surface area contributed by atoms with Crippen molar-refractivity contribution in [3.8, 4) is 0 Å². The molecular weight excluding hydrogens is 334 g/mol. The topological polar surface area (TPSA) is 106 Å². The van der Waals surface area contributed by atoms with Gasteiger partial charge in [-0.25, -0.2) is 8.42 Å². The van der Waals surface area contributed by atoms with Gasteiger partial charge in [-0.3, -0.25) is 4.79 Å². The maximum atomic E-state index is 12.5. The SMILES string of the molecule is CC(C)N(CC(N)=O)S(=O)(=O)c1ccc(C(N)=S)c(Cl)c1. The lowest BCUT2D eigenvalue weighted by Gasteiger charge is -2.24. The van der Waals surface area contributed by atoms with Crippen molar-refractivity contribution in [2.24, 2.45) is 11.5 Å². The van der Waals surface area contributed by atoms with E-state index in [2.05, 4.69) is 0 Å². The Morgan fingerprint density at radius 1 is 1.38 bits per heavy atom. The van der Waals surface area contributed by atoms with Crippen LogP contribution in [0.4, 0.5) is 0 Å². The van der Waals surface area contributed by atoms with Crippen molar-refractivity contribution >= 4 is 44.7 Å². The first-order valence-electron chi connectivity index (χ1n) is 5.97. The van der Waals surface area contributed by atoms with Gasteiger partial charge in [0.1, 0.15) is 4.99 Å². The first-order valence-corrected chi connectivity index (χ1v) is 8.19. The van der Waals surface area contributed by atoms with Gasteiger partial charge in [-0.15, -0.1) is 0 Å². The molecule has 116 valence electrons. The number of rotatable bonds is 6. The fourth-order valence-electron chi connectivity index (χ4n) is 1.69. The minimum absolute atomic E-state index is 0.0533. The lowest BCUT2D eigenvalue weighted by Crippen LogP contribution is -2.42. The van der Waals surface area contributed by atoms with Crippen LogP contribution in [0.15, 0.2) is 23.1 Å². The minimum Gasteiger partial charge on any atom is -0.389 e. The van der Waals surface area contributed by atoms with Gasteiger partial charge in [0, 0.05) is 11.6 Å². The molecule has 0 fully saturated rings. The molecule has 0 spiro atoms. The number of sulfonamides is 1. The summed E-state index contributed by atoms with van der Waals surface area (Å²) in [6, 6.07) is 3.59. The summed E-state index contributed by atoms with van der Waals surface area (Å²) < 4.78 is 26.1. The Bertz CT molecular complexity index is 674. The van der Waals surface area contributed by atoms with E-state index < -0.39 is 28.5 Å². The highest BCUT2D eigenvalue weighted by Gasteiger charge is 2.28. The number of benzene rings is 1. The summed E-state index contributed by atoms with van der Waals surface area (Å²) in [6.07, 6.45) is 0. The second kappa shape index (κ2) is 6.69. The van der Waals surface area contributed by atoms with Gasteiger partial charge in [-0.05, 0) is 32.0 Å². The Balaban J connectivity index is 3.32. The number of nitrogens with zero attached hydrogens (tertiary/aromatic N) is 1. The van der Waals surface area contributed by atoms with Gasteiger partial charge >= 0.3 is 0 Å². The smallest absolute Gasteiger partial charge is 0.243 e. The third kappa shape index (κ3) is 4.13. The summed E-state index contributed by atoms with van der Waals surface area (Å²) >= 11 is 10.8. The molecule has 9 heteroatoms. The summed E-state index contributed by atoms with van der Waals surface area (Å²) in [6.45, 7) is 2.88. The Labute approximate surface area is 134 Å². The largest absolute Gasteiger partial charge is 0.389 e. The molecule has 1 rings (SSSR count). The second-order valence-electron chi connectivity index (χ2n) is 4.62. The van der Waals surface area contributed by atoms with Crippen LogP contribution in [0, 0.1) is 0 Å². The summed E-state index contributed by atoms with van der Waals surface area (Å²) in [4.78, 5) is 11.1. The molecule has 21 heavy (non-hydrogen) atoms. The van der Waals surface area contributed by atoms with Crippen LogP contribution in [-0.2, 0) is 14.8 Å². The van der Waals surface area contributed by atoms with Crippen molar-refractivity contribution in [3.05, 3.63) is 28.8 Å². The maximum Gasteiger partial charge on any atom is 0.243 e. The van der Waals surface area contributed by atoms with Gasteiger partial charge in [0.15, 0.2) is 0 Å². The van der Waals surface area contributed by atoms with Crippen LogP contribution in [-0.4, -0.2) is 36.2 Å². The Kier molecular flexibility index (Phi) is 5.68. The van der Waals surface area contributed by atoms with Crippen LogP contribution in [0.3, 0.4) is 0 Å². The summed E-state index contributed by atoms with van der Waals surface area (Å²) in [5, 5.41) is 0.131. The van der Waals surface area contributed by atoms with E-state index in [1.54, 1.807) is 13.8 Å². The molecule has 0 aliphatic rings. The van der Waals surface area contributed by atoms with Crippen LogP contribution in [0.2, 0.25) is 5.02 Å². The second-order valence-corrected chi connectivity index (χ2v) is 7.35. The van der Waals surface area contributed by atoms with E-state index in [9.17, 15) is 13.2 Å². The third-order valence-corrected chi connectivity index (χ3v) is 5.25. The summed E-state index contributed by atoms with van der Waals surface area (Å²) in [7, 11) is -3.90. The molecule has 0 saturated carbocycles. The number of halogens is 1. The normalized spacial score (nSPS) is 11.9. The number of carbonyl (C=O) groups is 1. The van der Waals surface area contributed by atoms with Crippen molar-refractivity contribution < 1.29 is 13.2 Å². The molecule has 6 nitrogen and oxygen atoms in total. The number of nitrogens with two attached hydrogens (primary N) is 2. The standard InChI is InChI=1S/C12H16ClN3O3S2/c1-7(2)16(6-11(14)17)21(18,19)8-3-4-9(12(15)20)10(13)5-8/h3-5,7H,6H2,1-2H3,(H2,14,17)(H2,15,20). The zero-order chi connectivity index (χ0) is 16.4. The predicted molar refractivity (Wildman–Crippen MR) is 85.6 cm³/mol. The molecule has 0 aliphatic carbocycles. The molecule has 1 amide bonds. The van der Waals surface area contributed by atoms with Gasteiger partial charge in [-0.2, -0.15) is 4.31 Å². The van der Waals surface area contributed by atoms with Gasteiger partial charge in [-0.1, -0.05) is 23.8 Å². The van der Waals surface area contributed by atoms with E-state index >= 15 is 0 Å². The molecular formula is C12H16ClN3O3S2. The molecule has 0 atom stereocenters. The molecule has 0 aliphatic heterocycles. The Morgan fingerprint density at radius 3 is 2.33 bits per heavy atom. The van der Waals surface area contributed by atoms with Gasteiger partial charge in [0.05, 0.1) is 16.5 Å². The van der Waals surface area contributed by atoms with Crippen LogP contribution < -0.4 is 11.5 Å². The molecule has 0 unspecified atom stereocenters. The Morgan fingerprint density at radius 2 is 1.95 bits per heavy atom. The number of thiocarbonyl (C=S) groups is 1. The summed E-state index contributed by atoms with van der Waals surface area (Å²) in [5.41, 5.74) is 11.0. The zero-order valence-electron chi connectivity index (χ0n) is 11.5. The van der Waals surface area contributed by atoms with Gasteiger partial charge in [0.25, 0.3) is 0 Å². The van der Waals surface area contributed by atoms with E-state index in [1.165, 1.54) is 18.2 Å². The molecule has 0 heterocycles. The number of hydrogen-bond donors (Lipinski definition) is 2. The molecule has 0 saturated heterocycles. The monoisotopic (exact) mass is 349 g/mol. The first-order chi connectivity index (χ1) is 9.57. The quantitative estimate of drug-likeness (QED) is 0.741. The van der Waals surface area contributed by atoms with Crippen LogP contribution in [0.5, 0.6) is 0 Å². The lowest BCUT2D eigenvalue weighted by molar-refractivity contribution is -0.118. The third-order valence-electron chi connectivity index (χ3n) is 2.70. The highest BCUT2D eigenvalue weighted by molar-refractivity contribution is 7.89. The summed E-state index contributed by atoms with van der Waals surface area (Å²) in [5.74, 6) is -0.738. The van der Waals surface area contributed by atoms with Gasteiger partial charge in [0.2, 0.25) is 15.9 Å². The van der Waals surface area contributed by atoms with Crippen molar-refractivity contribution in [2.75, 3.05) is 6.54 Å². The van der Waals surface area contributed by atoms with E-state index in [0.717, 1.165) is 4.31 Å². The number of primary amides is 1. The van der Waals surface area contributed by atoms with E-state index in [1.807, 2.05) is 0 Å².